The number of rotatable bonds is 9. The number of hydrogen-bond donors (Lipinski definition) is 1. The topological polar surface area (TPSA) is 62.4 Å². The Balaban J connectivity index is 1.73. The van der Waals surface area contributed by atoms with Crippen LogP contribution in [0.3, 0.4) is 0 Å². The molecule has 0 aliphatic rings. The first-order valence-electron chi connectivity index (χ1n) is 8.64. The number of aromatic nitrogens is 1. The van der Waals surface area contributed by atoms with Gasteiger partial charge in [0.2, 0.25) is 0 Å². The van der Waals surface area contributed by atoms with Gasteiger partial charge in [0.05, 0.1) is 0 Å². The van der Waals surface area contributed by atoms with E-state index in [4.69, 9.17) is 4.74 Å². The molecule has 0 bridgehead atoms. The molecule has 25 heavy (non-hydrogen) atoms. The van der Waals surface area contributed by atoms with E-state index >= 15 is 0 Å². The number of carbonyl (C=O) groups is 2. The molecule has 0 saturated carbocycles. The number of aromatic amines is 1. The number of likely N-dealkylation sites (N-methyl/N-ethyl adjacent to an activating group) is 1. The van der Waals surface area contributed by atoms with E-state index in [9.17, 15) is 9.59 Å². The lowest BCUT2D eigenvalue weighted by Crippen LogP contribution is -2.35. The fourth-order valence-corrected chi connectivity index (χ4v) is 2.77. The molecule has 0 saturated heterocycles. The van der Waals surface area contributed by atoms with Crippen molar-refractivity contribution in [2.24, 2.45) is 0 Å². The van der Waals surface area contributed by atoms with Gasteiger partial charge in [0, 0.05) is 36.6 Å². The standard InChI is InChI=1S/C20H26N2O3/c1-4-22(13-15(2)3)19(23)14-25-20(24)11-7-8-16-12-21-18-10-6-5-9-17(16)18/h5-6,9-10,12,21H,2,4,7-8,11,13-14H2,1,3H3. The summed E-state index contributed by atoms with van der Waals surface area (Å²) in [5.41, 5.74) is 3.20. The van der Waals surface area contributed by atoms with Crippen molar-refractivity contribution < 1.29 is 14.3 Å². The van der Waals surface area contributed by atoms with Gasteiger partial charge in [0.1, 0.15) is 0 Å². The molecule has 0 unspecified atom stereocenters. The molecule has 5 heteroatoms. The molecule has 134 valence electrons. The van der Waals surface area contributed by atoms with E-state index in [1.54, 1.807) is 4.90 Å². The van der Waals surface area contributed by atoms with Gasteiger partial charge in [-0.15, -0.1) is 0 Å². The van der Waals surface area contributed by atoms with Crippen molar-refractivity contribution in [1.29, 1.82) is 0 Å². The smallest absolute Gasteiger partial charge is 0.306 e. The van der Waals surface area contributed by atoms with Crippen LogP contribution >= 0.6 is 0 Å². The highest BCUT2D eigenvalue weighted by molar-refractivity contribution is 5.83. The van der Waals surface area contributed by atoms with Crippen molar-refractivity contribution >= 4 is 22.8 Å². The van der Waals surface area contributed by atoms with Crippen LogP contribution in [0.1, 0.15) is 32.3 Å². The molecule has 1 aromatic heterocycles. The minimum absolute atomic E-state index is 0.185. The summed E-state index contributed by atoms with van der Waals surface area (Å²) in [6.07, 6.45) is 3.78. The predicted molar refractivity (Wildman–Crippen MR) is 99.3 cm³/mol. The Morgan fingerprint density at radius 2 is 2.04 bits per heavy atom. The van der Waals surface area contributed by atoms with Gasteiger partial charge in [-0.1, -0.05) is 30.4 Å². The molecule has 0 fully saturated rings. The van der Waals surface area contributed by atoms with Gasteiger partial charge in [-0.25, -0.2) is 0 Å². The fraction of sp³-hybridized carbons (Fsp3) is 0.400. The second-order valence-corrected chi connectivity index (χ2v) is 6.24. The van der Waals surface area contributed by atoms with Crippen LogP contribution in [0.15, 0.2) is 42.6 Å². The summed E-state index contributed by atoms with van der Waals surface area (Å²) in [5.74, 6) is -0.518. The van der Waals surface area contributed by atoms with Crippen LogP contribution in [-0.4, -0.2) is 41.5 Å². The summed E-state index contributed by atoms with van der Waals surface area (Å²) in [6, 6.07) is 8.09. The second-order valence-electron chi connectivity index (χ2n) is 6.24. The van der Waals surface area contributed by atoms with Gasteiger partial charge < -0.3 is 14.6 Å². The number of hydrogen-bond acceptors (Lipinski definition) is 3. The summed E-state index contributed by atoms with van der Waals surface area (Å²) in [4.78, 5) is 28.7. The Labute approximate surface area is 148 Å². The normalized spacial score (nSPS) is 10.6. The lowest BCUT2D eigenvalue weighted by Gasteiger charge is -2.20. The van der Waals surface area contributed by atoms with Gasteiger partial charge in [-0.05, 0) is 38.3 Å². The van der Waals surface area contributed by atoms with Crippen molar-refractivity contribution in [2.45, 2.75) is 33.1 Å². The monoisotopic (exact) mass is 342 g/mol. The Hall–Kier alpha value is -2.56. The van der Waals surface area contributed by atoms with Crippen LogP contribution < -0.4 is 0 Å². The molecule has 0 aliphatic heterocycles. The first-order valence-corrected chi connectivity index (χ1v) is 8.64. The zero-order chi connectivity index (χ0) is 18.2. The van der Waals surface area contributed by atoms with E-state index in [0.717, 1.165) is 17.5 Å². The number of nitrogens with zero attached hydrogens (tertiary/aromatic N) is 1. The van der Waals surface area contributed by atoms with Gasteiger partial charge in [0.25, 0.3) is 5.91 Å². The Morgan fingerprint density at radius 1 is 1.28 bits per heavy atom. The van der Waals surface area contributed by atoms with E-state index in [2.05, 4.69) is 17.6 Å². The fourth-order valence-electron chi connectivity index (χ4n) is 2.77. The van der Waals surface area contributed by atoms with E-state index in [-0.39, 0.29) is 18.5 Å². The minimum Gasteiger partial charge on any atom is -0.456 e. The molecule has 1 amide bonds. The summed E-state index contributed by atoms with van der Waals surface area (Å²) in [6.45, 7) is 8.43. The van der Waals surface area contributed by atoms with Crippen molar-refractivity contribution in [2.75, 3.05) is 19.7 Å². The summed E-state index contributed by atoms with van der Waals surface area (Å²) in [5, 5.41) is 1.18. The van der Waals surface area contributed by atoms with E-state index in [1.807, 2.05) is 38.2 Å². The molecule has 2 rings (SSSR count). The molecule has 5 nitrogen and oxygen atoms in total. The molecule has 1 aromatic carbocycles. The van der Waals surface area contributed by atoms with E-state index in [1.165, 1.54) is 10.9 Å². The third-order valence-corrected chi connectivity index (χ3v) is 4.05. The Kier molecular flexibility index (Phi) is 6.81. The maximum atomic E-state index is 12.0. The van der Waals surface area contributed by atoms with Gasteiger partial charge in [-0.2, -0.15) is 0 Å². The number of benzene rings is 1. The number of para-hydroxylation sites is 1. The zero-order valence-electron chi connectivity index (χ0n) is 15.0. The van der Waals surface area contributed by atoms with Crippen LogP contribution in [0.25, 0.3) is 10.9 Å². The Morgan fingerprint density at radius 3 is 2.76 bits per heavy atom. The van der Waals surface area contributed by atoms with Crippen molar-refractivity contribution in [3.8, 4) is 0 Å². The third-order valence-electron chi connectivity index (χ3n) is 4.05. The first kappa shape index (κ1) is 18.8. The number of aryl methyl sites for hydroxylation is 1. The number of H-pyrrole nitrogens is 1. The number of nitrogens with one attached hydrogen (secondary N) is 1. The van der Waals surface area contributed by atoms with Crippen molar-refractivity contribution in [3.63, 3.8) is 0 Å². The average Bonchev–Trinajstić information content (AvgIpc) is 3.00. The molecule has 0 atom stereocenters. The van der Waals surface area contributed by atoms with Gasteiger partial charge in [0.15, 0.2) is 6.61 Å². The molecule has 0 aliphatic carbocycles. The number of carbonyl (C=O) groups excluding carboxylic acids is 2. The van der Waals surface area contributed by atoms with Crippen LogP contribution in [0, 0.1) is 0 Å². The van der Waals surface area contributed by atoms with E-state index in [0.29, 0.717) is 25.9 Å². The number of esters is 1. The summed E-state index contributed by atoms with van der Waals surface area (Å²) >= 11 is 0. The highest BCUT2D eigenvalue weighted by atomic mass is 16.5. The van der Waals surface area contributed by atoms with Crippen LogP contribution in [0.5, 0.6) is 0 Å². The largest absolute Gasteiger partial charge is 0.456 e. The lowest BCUT2D eigenvalue weighted by molar-refractivity contribution is -0.151. The minimum atomic E-state index is -0.334. The SMILES string of the molecule is C=C(C)CN(CC)C(=O)COC(=O)CCCc1c[nH]c2ccccc12. The highest BCUT2D eigenvalue weighted by Gasteiger charge is 2.14. The zero-order valence-corrected chi connectivity index (χ0v) is 15.0. The predicted octanol–water partition coefficient (Wildman–Crippen LogP) is 3.46. The number of amides is 1. The first-order chi connectivity index (χ1) is 12.0. The second kappa shape index (κ2) is 9.06. The van der Waals surface area contributed by atoms with Gasteiger partial charge in [-0.3, -0.25) is 9.59 Å². The van der Waals surface area contributed by atoms with Gasteiger partial charge >= 0.3 is 5.97 Å². The molecule has 1 N–H and O–H groups in total. The quantitative estimate of drug-likeness (QED) is 0.561. The number of fused-ring (bicyclic) bond motifs is 1. The molecule has 1 heterocycles. The van der Waals surface area contributed by atoms with Crippen LogP contribution in [-0.2, 0) is 20.7 Å². The average molecular weight is 342 g/mol. The van der Waals surface area contributed by atoms with Crippen LogP contribution in [0.2, 0.25) is 0 Å². The molecular weight excluding hydrogens is 316 g/mol. The highest BCUT2D eigenvalue weighted by Crippen LogP contribution is 2.19. The number of ether oxygens (including phenoxy) is 1. The molecule has 0 radical (unpaired) electrons. The third kappa shape index (κ3) is 5.48. The van der Waals surface area contributed by atoms with Crippen molar-refractivity contribution in [3.05, 3.63) is 48.2 Å². The van der Waals surface area contributed by atoms with Crippen molar-refractivity contribution in [1.82, 2.24) is 9.88 Å². The maximum Gasteiger partial charge on any atom is 0.306 e. The lowest BCUT2D eigenvalue weighted by atomic mass is 10.1. The molecule has 2 aromatic rings. The maximum absolute atomic E-state index is 12.0. The summed E-state index contributed by atoms with van der Waals surface area (Å²) in [7, 11) is 0. The summed E-state index contributed by atoms with van der Waals surface area (Å²) < 4.78 is 5.11. The molecule has 0 spiro atoms. The Bertz CT molecular complexity index is 748. The van der Waals surface area contributed by atoms with E-state index < -0.39 is 0 Å². The molecular formula is C20H26N2O3. The van der Waals surface area contributed by atoms with Crippen LogP contribution in [0.4, 0.5) is 0 Å².